The molecule has 0 aliphatic heterocycles. The van der Waals surface area contributed by atoms with Gasteiger partial charge in [0.1, 0.15) is 0 Å². The molecule has 0 aromatic carbocycles. The predicted molar refractivity (Wildman–Crippen MR) is 84.8 cm³/mol. The van der Waals surface area contributed by atoms with E-state index in [0.717, 1.165) is 32.7 Å². The first-order chi connectivity index (χ1) is 8.54. The van der Waals surface area contributed by atoms with Crippen molar-refractivity contribution in [2.45, 2.75) is 78.9 Å². The van der Waals surface area contributed by atoms with Gasteiger partial charge in [-0.15, -0.1) is 0 Å². The van der Waals surface area contributed by atoms with E-state index < -0.39 is 0 Å². The summed E-state index contributed by atoms with van der Waals surface area (Å²) in [4.78, 5) is 2.53. The predicted octanol–water partition coefficient (Wildman–Crippen LogP) is 3.29. The van der Waals surface area contributed by atoms with Crippen LogP contribution in [-0.2, 0) is 4.74 Å². The van der Waals surface area contributed by atoms with Crippen molar-refractivity contribution in [3.63, 3.8) is 0 Å². The Morgan fingerprint density at radius 2 is 1.58 bits per heavy atom. The zero-order valence-corrected chi connectivity index (χ0v) is 14.5. The quantitative estimate of drug-likeness (QED) is 0.686. The van der Waals surface area contributed by atoms with Crippen LogP contribution in [0.3, 0.4) is 0 Å². The molecule has 0 spiro atoms. The second-order valence-corrected chi connectivity index (χ2v) is 7.60. The van der Waals surface area contributed by atoms with Gasteiger partial charge < -0.3 is 10.1 Å². The van der Waals surface area contributed by atoms with Crippen LogP contribution < -0.4 is 5.32 Å². The lowest BCUT2D eigenvalue weighted by atomic mass is 10.0. The van der Waals surface area contributed by atoms with Gasteiger partial charge in [0.15, 0.2) is 0 Å². The van der Waals surface area contributed by atoms with Crippen molar-refractivity contribution in [2.75, 3.05) is 26.3 Å². The molecule has 0 bridgehead atoms. The summed E-state index contributed by atoms with van der Waals surface area (Å²) in [5, 5.41) is 3.43. The third kappa shape index (κ3) is 10.3. The molecule has 116 valence electrons. The van der Waals surface area contributed by atoms with Crippen molar-refractivity contribution in [1.29, 1.82) is 0 Å². The van der Waals surface area contributed by atoms with Crippen LogP contribution in [0.2, 0.25) is 0 Å². The second kappa shape index (κ2) is 8.23. The Morgan fingerprint density at radius 1 is 1.00 bits per heavy atom. The summed E-state index contributed by atoms with van der Waals surface area (Å²) in [5.74, 6) is 0. The number of rotatable bonds is 8. The highest BCUT2D eigenvalue weighted by molar-refractivity contribution is 4.78. The molecule has 3 heteroatoms. The summed E-state index contributed by atoms with van der Waals surface area (Å²) in [7, 11) is 0. The van der Waals surface area contributed by atoms with Crippen molar-refractivity contribution >= 4 is 0 Å². The standard InChI is InChI=1S/C16H36N2O/c1-14(2)18(16(6,7)8)11-9-12-19-13-10-17-15(3,4)5/h14,17H,9-13H2,1-8H3. The number of nitrogens with one attached hydrogen (secondary N) is 1. The van der Waals surface area contributed by atoms with Crippen molar-refractivity contribution < 1.29 is 4.74 Å². The van der Waals surface area contributed by atoms with Crippen LogP contribution in [0, 0.1) is 0 Å². The third-order valence-corrected chi connectivity index (χ3v) is 3.07. The fourth-order valence-corrected chi connectivity index (χ4v) is 2.31. The van der Waals surface area contributed by atoms with Gasteiger partial charge in [-0.2, -0.15) is 0 Å². The lowest BCUT2D eigenvalue weighted by Gasteiger charge is -2.39. The number of hydrogen-bond acceptors (Lipinski definition) is 3. The summed E-state index contributed by atoms with van der Waals surface area (Å²) in [6.45, 7) is 21.6. The molecule has 0 aliphatic rings. The summed E-state index contributed by atoms with van der Waals surface area (Å²) in [6.07, 6.45) is 1.10. The highest BCUT2D eigenvalue weighted by atomic mass is 16.5. The smallest absolute Gasteiger partial charge is 0.0591 e. The van der Waals surface area contributed by atoms with Gasteiger partial charge in [-0.1, -0.05) is 0 Å². The Bertz CT molecular complexity index is 226. The van der Waals surface area contributed by atoms with Crippen LogP contribution in [0.5, 0.6) is 0 Å². The summed E-state index contributed by atoms with van der Waals surface area (Å²) in [6, 6.07) is 0.586. The van der Waals surface area contributed by atoms with Crippen LogP contribution in [0.4, 0.5) is 0 Å². The number of ether oxygens (including phenoxy) is 1. The zero-order chi connectivity index (χ0) is 15.1. The van der Waals surface area contributed by atoms with Gasteiger partial charge in [0, 0.05) is 36.8 Å². The molecule has 0 radical (unpaired) electrons. The van der Waals surface area contributed by atoms with Crippen molar-refractivity contribution in [3.8, 4) is 0 Å². The van der Waals surface area contributed by atoms with Crippen LogP contribution >= 0.6 is 0 Å². The molecule has 3 nitrogen and oxygen atoms in total. The van der Waals surface area contributed by atoms with Gasteiger partial charge in [0.2, 0.25) is 0 Å². The van der Waals surface area contributed by atoms with Crippen LogP contribution in [-0.4, -0.2) is 48.3 Å². The van der Waals surface area contributed by atoms with Crippen LogP contribution in [0.15, 0.2) is 0 Å². The van der Waals surface area contributed by atoms with E-state index in [9.17, 15) is 0 Å². The van der Waals surface area contributed by atoms with E-state index in [0.29, 0.717) is 6.04 Å². The monoisotopic (exact) mass is 272 g/mol. The maximum absolute atomic E-state index is 5.68. The molecule has 0 rings (SSSR count). The normalized spacial score (nSPS) is 13.6. The minimum Gasteiger partial charge on any atom is -0.380 e. The Hall–Kier alpha value is -0.120. The van der Waals surface area contributed by atoms with Gasteiger partial charge in [-0.25, -0.2) is 0 Å². The summed E-state index contributed by atoms with van der Waals surface area (Å²) in [5.41, 5.74) is 0.423. The molecule has 0 unspecified atom stereocenters. The molecule has 19 heavy (non-hydrogen) atoms. The van der Waals surface area contributed by atoms with E-state index in [1.807, 2.05) is 0 Å². The van der Waals surface area contributed by atoms with Gasteiger partial charge in [-0.3, -0.25) is 4.90 Å². The van der Waals surface area contributed by atoms with Crippen molar-refractivity contribution in [2.24, 2.45) is 0 Å². The van der Waals surface area contributed by atoms with Crippen LogP contribution in [0.25, 0.3) is 0 Å². The van der Waals surface area contributed by atoms with Crippen LogP contribution in [0.1, 0.15) is 61.8 Å². The first-order valence-corrected chi connectivity index (χ1v) is 7.63. The van der Waals surface area contributed by atoms with Crippen molar-refractivity contribution in [1.82, 2.24) is 10.2 Å². The lowest BCUT2D eigenvalue weighted by molar-refractivity contribution is 0.0720. The second-order valence-electron chi connectivity index (χ2n) is 7.60. The van der Waals surface area contributed by atoms with E-state index >= 15 is 0 Å². The fourth-order valence-electron chi connectivity index (χ4n) is 2.31. The average Bonchev–Trinajstić information content (AvgIpc) is 2.17. The van der Waals surface area contributed by atoms with Gasteiger partial charge >= 0.3 is 0 Å². The molecule has 0 amide bonds. The first-order valence-electron chi connectivity index (χ1n) is 7.63. The van der Waals surface area contributed by atoms with Gasteiger partial charge in [-0.05, 0) is 61.8 Å². The maximum Gasteiger partial charge on any atom is 0.0591 e. The zero-order valence-electron chi connectivity index (χ0n) is 14.5. The Balaban J connectivity index is 3.68. The lowest BCUT2D eigenvalue weighted by Crippen LogP contribution is -2.46. The van der Waals surface area contributed by atoms with E-state index in [1.54, 1.807) is 0 Å². The molecule has 0 aromatic heterocycles. The van der Waals surface area contributed by atoms with Crippen molar-refractivity contribution in [3.05, 3.63) is 0 Å². The number of nitrogens with zero attached hydrogens (tertiary/aromatic N) is 1. The average molecular weight is 272 g/mol. The molecule has 0 aliphatic carbocycles. The topological polar surface area (TPSA) is 24.5 Å². The molecule has 0 aromatic rings. The SMILES string of the molecule is CC(C)N(CCCOCCNC(C)(C)C)C(C)(C)C. The molecule has 0 saturated carbocycles. The minimum atomic E-state index is 0.185. The number of hydrogen-bond donors (Lipinski definition) is 1. The molecule has 1 N–H and O–H groups in total. The highest BCUT2D eigenvalue weighted by Gasteiger charge is 2.22. The first kappa shape index (κ1) is 18.9. The Morgan fingerprint density at radius 3 is 2.00 bits per heavy atom. The molecule has 0 heterocycles. The summed E-state index contributed by atoms with van der Waals surface area (Å²) < 4.78 is 5.68. The van der Waals surface area contributed by atoms with E-state index in [4.69, 9.17) is 4.74 Å². The van der Waals surface area contributed by atoms with Gasteiger partial charge in [0.05, 0.1) is 6.61 Å². The van der Waals surface area contributed by atoms with E-state index in [1.165, 1.54) is 0 Å². The van der Waals surface area contributed by atoms with Gasteiger partial charge in [0.25, 0.3) is 0 Å². The summed E-state index contributed by atoms with van der Waals surface area (Å²) >= 11 is 0. The molecule has 0 atom stereocenters. The molecular formula is C16H36N2O. The van der Waals surface area contributed by atoms with E-state index in [2.05, 4.69) is 65.6 Å². The molecular weight excluding hydrogens is 236 g/mol. The Kier molecular flexibility index (Phi) is 8.18. The fraction of sp³-hybridized carbons (Fsp3) is 1.00. The van der Waals surface area contributed by atoms with E-state index in [-0.39, 0.29) is 11.1 Å². The Labute approximate surface area is 121 Å². The molecule has 0 saturated heterocycles. The maximum atomic E-state index is 5.68. The molecule has 0 fully saturated rings. The minimum absolute atomic E-state index is 0.185. The third-order valence-electron chi connectivity index (χ3n) is 3.07. The largest absolute Gasteiger partial charge is 0.380 e. The highest BCUT2D eigenvalue weighted by Crippen LogP contribution is 2.16.